The quantitative estimate of drug-likeness (QED) is 0.567. The number of nitrogens with one attached hydrogen (secondary N) is 2. The molecule has 6 heteroatoms. The Morgan fingerprint density at radius 3 is 2.60 bits per heavy atom. The highest BCUT2D eigenvalue weighted by Crippen LogP contribution is 2.30. The van der Waals surface area contributed by atoms with Gasteiger partial charge >= 0.3 is 12.0 Å². The maximum Gasteiger partial charge on any atom is 0.332 e. The van der Waals surface area contributed by atoms with Crippen LogP contribution in [0.15, 0.2) is 0 Å². The van der Waals surface area contributed by atoms with Gasteiger partial charge in [0.25, 0.3) is 0 Å². The normalized spacial score (nSPS) is 23.9. The molecule has 1 aliphatic rings. The van der Waals surface area contributed by atoms with Gasteiger partial charge in [-0.2, -0.15) is 0 Å². The maximum atomic E-state index is 11.4. The molecule has 0 radical (unpaired) electrons. The third-order valence-electron chi connectivity index (χ3n) is 3.87. The first-order chi connectivity index (χ1) is 9.49. The first-order valence-electron chi connectivity index (χ1n) is 7.41. The SMILES string of the molecule is CC1CCCC(CCNC(=O)NCC[C@H](O)C(=O)O)C1. The largest absolute Gasteiger partial charge is 0.479 e. The van der Waals surface area contributed by atoms with Gasteiger partial charge in [-0.05, 0) is 24.7 Å². The van der Waals surface area contributed by atoms with Crippen LogP contribution in [0.5, 0.6) is 0 Å². The van der Waals surface area contributed by atoms with E-state index < -0.39 is 12.1 Å². The van der Waals surface area contributed by atoms with Crippen molar-refractivity contribution in [1.29, 1.82) is 0 Å². The number of hydrogen-bond donors (Lipinski definition) is 4. The first kappa shape index (κ1) is 16.8. The van der Waals surface area contributed by atoms with Gasteiger partial charge < -0.3 is 20.8 Å². The summed E-state index contributed by atoms with van der Waals surface area (Å²) in [7, 11) is 0. The second-order valence-electron chi connectivity index (χ2n) is 5.75. The van der Waals surface area contributed by atoms with E-state index in [2.05, 4.69) is 17.6 Å². The molecular formula is C14H26N2O4. The van der Waals surface area contributed by atoms with Crippen molar-refractivity contribution in [2.75, 3.05) is 13.1 Å². The summed E-state index contributed by atoms with van der Waals surface area (Å²) < 4.78 is 0. The molecule has 2 unspecified atom stereocenters. The molecule has 0 heterocycles. The minimum Gasteiger partial charge on any atom is -0.479 e. The summed E-state index contributed by atoms with van der Waals surface area (Å²) in [6.45, 7) is 3.07. The van der Waals surface area contributed by atoms with Gasteiger partial charge in [-0.3, -0.25) is 0 Å². The molecule has 0 bridgehead atoms. The van der Waals surface area contributed by atoms with Crippen LogP contribution in [0.1, 0.15) is 45.4 Å². The molecule has 0 spiro atoms. The van der Waals surface area contributed by atoms with Gasteiger partial charge in [0.15, 0.2) is 6.10 Å². The average Bonchev–Trinajstić information content (AvgIpc) is 2.38. The number of carboxylic acids is 1. The zero-order chi connectivity index (χ0) is 15.0. The Labute approximate surface area is 119 Å². The van der Waals surface area contributed by atoms with Crippen molar-refractivity contribution in [3.8, 4) is 0 Å². The van der Waals surface area contributed by atoms with Gasteiger partial charge in [-0.1, -0.05) is 26.2 Å². The predicted molar refractivity (Wildman–Crippen MR) is 75.4 cm³/mol. The molecular weight excluding hydrogens is 260 g/mol. The molecule has 6 nitrogen and oxygen atoms in total. The first-order valence-corrected chi connectivity index (χ1v) is 7.41. The predicted octanol–water partition coefficient (Wildman–Crippen LogP) is 1.34. The molecule has 0 aromatic heterocycles. The van der Waals surface area contributed by atoms with Crippen LogP contribution in [0.2, 0.25) is 0 Å². The van der Waals surface area contributed by atoms with Gasteiger partial charge in [-0.25, -0.2) is 9.59 Å². The third kappa shape index (κ3) is 6.75. The monoisotopic (exact) mass is 286 g/mol. The van der Waals surface area contributed by atoms with Crippen LogP contribution in [-0.2, 0) is 4.79 Å². The number of aliphatic carboxylic acids is 1. The van der Waals surface area contributed by atoms with Crippen LogP contribution in [0.4, 0.5) is 4.79 Å². The molecule has 1 saturated carbocycles. The van der Waals surface area contributed by atoms with E-state index in [4.69, 9.17) is 10.2 Å². The molecule has 0 aromatic carbocycles. The van der Waals surface area contributed by atoms with Crippen molar-refractivity contribution < 1.29 is 19.8 Å². The van der Waals surface area contributed by atoms with E-state index in [1.54, 1.807) is 0 Å². The van der Waals surface area contributed by atoms with Crippen molar-refractivity contribution in [3.05, 3.63) is 0 Å². The lowest BCUT2D eigenvalue weighted by Gasteiger charge is -2.26. The highest BCUT2D eigenvalue weighted by molar-refractivity contribution is 5.74. The van der Waals surface area contributed by atoms with E-state index in [1.165, 1.54) is 25.7 Å². The number of amides is 2. The topological polar surface area (TPSA) is 98.7 Å². The van der Waals surface area contributed by atoms with Gasteiger partial charge in [-0.15, -0.1) is 0 Å². The summed E-state index contributed by atoms with van der Waals surface area (Å²) in [5.74, 6) is 0.228. The smallest absolute Gasteiger partial charge is 0.332 e. The summed E-state index contributed by atoms with van der Waals surface area (Å²) in [4.78, 5) is 21.8. The molecule has 116 valence electrons. The van der Waals surface area contributed by atoms with Gasteiger partial charge in [0.05, 0.1) is 0 Å². The number of carbonyl (C=O) groups excluding carboxylic acids is 1. The molecule has 4 N–H and O–H groups in total. The lowest BCUT2D eigenvalue weighted by atomic mass is 9.81. The second-order valence-corrected chi connectivity index (χ2v) is 5.75. The molecule has 2 amide bonds. The number of urea groups is 1. The number of carboxylic acid groups (broad SMARTS) is 1. The Kier molecular flexibility index (Phi) is 7.36. The molecule has 1 fully saturated rings. The lowest BCUT2D eigenvalue weighted by molar-refractivity contribution is -0.146. The summed E-state index contributed by atoms with van der Waals surface area (Å²) >= 11 is 0. The van der Waals surface area contributed by atoms with Crippen molar-refractivity contribution in [3.63, 3.8) is 0 Å². The number of carbonyl (C=O) groups is 2. The van der Waals surface area contributed by atoms with E-state index in [9.17, 15) is 9.59 Å². The molecule has 1 aliphatic carbocycles. The number of aliphatic hydroxyl groups is 1. The third-order valence-corrected chi connectivity index (χ3v) is 3.87. The van der Waals surface area contributed by atoms with Crippen LogP contribution in [-0.4, -0.2) is 41.4 Å². The van der Waals surface area contributed by atoms with Crippen molar-refractivity contribution in [1.82, 2.24) is 10.6 Å². The highest BCUT2D eigenvalue weighted by atomic mass is 16.4. The van der Waals surface area contributed by atoms with Gasteiger partial charge in [0.2, 0.25) is 0 Å². The Morgan fingerprint density at radius 1 is 1.25 bits per heavy atom. The van der Waals surface area contributed by atoms with Gasteiger partial charge in [0, 0.05) is 19.5 Å². The summed E-state index contributed by atoms with van der Waals surface area (Å²) in [5, 5.41) is 22.8. The minimum atomic E-state index is -1.42. The van der Waals surface area contributed by atoms with Crippen LogP contribution in [0.3, 0.4) is 0 Å². The summed E-state index contributed by atoms with van der Waals surface area (Å²) in [6.07, 6.45) is 4.69. The lowest BCUT2D eigenvalue weighted by Crippen LogP contribution is -2.38. The Bertz CT molecular complexity index is 322. The van der Waals surface area contributed by atoms with E-state index in [0.29, 0.717) is 12.5 Å². The highest BCUT2D eigenvalue weighted by Gasteiger charge is 2.18. The molecule has 1 rings (SSSR count). The minimum absolute atomic E-state index is 0.0168. The van der Waals surface area contributed by atoms with Crippen LogP contribution in [0.25, 0.3) is 0 Å². The fourth-order valence-electron chi connectivity index (χ4n) is 2.72. The zero-order valence-corrected chi connectivity index (χ0v) is 12.1. The van der Waals surface area contributed by atoms with Crippen molar-refractivity contribution in [2.45, 2.75) is 51.6 Å². The standard InChI is InChI=1S/C14H26N2O4/c1-10-3-2-4-11(9-10)5-7-15-14(20)16-8-6-12(17)13(18)19/h10-12,17H,2-9H2,1H3,(H,18,19)(H2,15,16,20)/t10?,11?,12-/m0/s1. The molecule has 0 saturated heterocycles. The second kappa shape index (κ2) is 8.79. The molecule has 20 heavy (non-hydrogen) atoms. The Balaban J connectivity index is 2.04. The van der Waals surface area contributed by atoms with Gasteiger partial charge in [0.1, 0.15) is 0 Å². The van der Waals surface area contributed by atoms with E-state index in [0.717, 1.165) is 12.3 Å². The van der Waals surface area contributed by atoms with Crippen molar-refractivity contribution in [2.24, 2.45) is 11.8 Å². The number of rotatable bonds is 7. The van der Waals surface area contributed by atoms with Crippen molar-refractivity contribution >= 4 is 12.0 Å². The zero-order valence-electron chi connectivity index (χ0n) is 12.1. The van der Waals surface area contributed by atoms with E-state index in [-0.39, 0.29) is 19.0 Å². The van der Waals surface area contributed by atoms with Crippen LogP contribution >= 0.6 is 0 Å². The fourth-order valence-corrected chi connectivity index (χ4v) is 2.72. The summed E-state index contributed by atoms with van der Waals surface area (Å²) in [5.41, 5.74) is 0. The van der Waals surface area contributed by atoms with Crippen LogP contribution < -0.4 is 10.6 Å². The number of aliphatic hydroxyl groups excluding tert-OH is 1. The Morgan fingerprint density at radius 2 is 1.95 bits per heavy atom. The molecule has 3 atom stereocenters. The number of hydrogen-bond acceptors (Lipinski definition) is 3. The maximum absolute atomic E-state index is 11.4. The van der Waals surface area contributed by atoms with E-state index in [1.807, 2.05) is 0 Å². The summed E-state index contributed by atoms with van der Waals surface area (Å²) in [6, 6.07) is -0.300. The average molecular weight is 286 g/mol. The molecule has 0 aliphatic heterocycles. The Hall–Kier alpha value is -1.30. The van der Waals surface area contributed by atoms with Crippen LogP contribution in [0, 0.1) is 11.8 Å². The van der Waals surface area contributed by atoms with E-state index >= 15 is 0 Å². The fraction of sp³-hybridized carbons (Fsp3) is 0.857. The molecule has 0 aromatic rings.